The Morgan fingerprint density at radius 2 is 1.71 bits per heavy atom. The smallest absolute Gasteiger partial charge is 0.230 e. The predicted octanol–water partition coefficient (Wildman–Crippen LogP) is 2.21. The van der Waals surface area contributed by atoms with E-state index >= 15 is 0 Å². The van der Waals surface area contributed by atoms with Gasteiger partial charge in [0.05, 0.1) is 23.3 Å². The second-order valence-electron chi connectivity index (χ2n) is 3.37. The van der Waals surface area contributed by atoms with Crippen molar-refractivity contribution in [3.63, 3.8) is 0 Å². The summed E-state index contributed by atoms with van der Waals surface area (Å²) in [6.45, 7) is 0. The summed E-state index contributed by atoms with van der Waals surface area (Å²) in [5, 5.41) is 0.860. The molecular weight excluding hydrogens is 216 g/mol. The molecule has 0 aliphatic carbocycles. The summed E-state index contributed by atoms with van der Waals surface area (Å²) >= 11 is 0. The number of hydrogen-bond donors (Lipinski definition) is 0. The van der Waals surface area contributed by atoms with Crippen molar-refractivity contribution in [2.45, 2.75) is 0 Å². The van der Waals surface area contributed by atoms with Gasteiger partial charge in [0.2, 0.25) is 5.88 Å². The van der Waals surface area contributed by atoms with Gasteiger partial charge in [-0.25, -0.2) is 19.9 Å². The van der Waals surface area contributed by atoms with Crippen LogP contribution in [0.3, 0.4) is 0 Å². The summed E-state index contributed by atoms with van der Waals surface area (Å²) in [6.07, 6.45) is 6.10. The van der Waals surface area contributed by atoms with Gasteiger partial charge in [-0.3, -0.25) is 0 Å². The number of hydrogen-bond acceptors (Lipinski definition) is 5. The molecule has 0 atom stereocenters. The molecule has 5 nitrogen and oxygen atoms in total. The Balaban J connectivity index is 2.06. The maximum atomic E-state index is 5.62. The topological polar surface area (TPSA) is 60.8 Å². The van der Waals surface area contributed by atoms with Gasteiger partial charge in [-0.05, 0) is 12.1 Å². The number of fused-ring (bicyclic) bond motifs is 1. The van der Waals surface area contributed by atoms with Gasteiger partial charge >= 0.3 is 0 Å². The van der Waals surface area contributed by atoms with Crippen molar-refractivity contribution < 1.29 is 4.74 Å². The molecule has 2 aromatic heterocycles. The van der Waals surface area contributed by atoms with Crippen LogP contribution >= 0.6 is 0 Å². The fourth-order valence-corrected chi connectivity index (χ4v) is 1.51. The number of benzene rings is 1. The average Bonchev–Trinajstić information content (AvgIpc) is 2.40. The molecule has 0 radical (unpaired) electrons. The monoisotopic (exact) mass is 224 g/mol. The molecule has 0 fully saturated rings. The minimum atomic E-state index is 0.505. The van der Waals surface area contributed by atoms with Crippen molar-refractivity contribution in [1.82, 2.24) is 19.9 Å². The Morgan fingerprint density at radius 3 is 2.59 bits per heavy atom. The first-order valence-electron chi connectivity index (χ1n) is 5.06. The number of rotatable bonds is 2. The Labute approximate surface area is 97.2 Å². The lowest BCUT2D eigenvalue weighted by molar-refractivity contribution is 0.463. The van der Waals surface area contributed by atoms with Crippen molar-refractivity contribution in [2.75, 3.05) is 0 Å². The van der Waals surface area contributed by atoms with Crippen LogP contribution in [0, 0.1) is 0 Å². The first-order chi connectivity index (χ1) is 8.43. The number of aromatic nitrogens is 4. The quantitative estimate of drug-likeness (QED) is 0.667. The van der Waals surface area contributed by atoms with E-state index in [-0.39, 0.29) is 0 Å². The molecule has 0 amide bonds. The third-order valence-corrected chi connectivity index (χ3v) is 2.26. The fourth-order valence-electron chi connectivity index (χ4n) is 1.51. The molecule has 0 unspecified atom stereocenters. The zero-order valence-corrected chi connectivity index (χ0v) is 8.82. The highest BCUT2D eigenvalue weighted by atomic mass is 16.5. The van der Waals surface area contributed by atoms with Gasteiger partial charge in [-0.1, -0.05) is 12.1 Å². The molecule has 82 valence electrons. The third-order valence-electron chi connectivity index (χ3n) is 2.26. The molecule has 5 heteroatoms. The molecule has 2 heterocycles. The van der Waals surface area contributed by atoms with E-state index in [1.54, 1.807) is 12.4 Å². The van der Waals surface area contributed by atoms with E-state index in [1.165, 1.54) is 12.7 Å². The van der Waals surface area contributed by atoms with Crippen LogP contribution in [0.2, 0.25) is 0 Å². The highest BCUT2D eigenvalue weighted by Crippen LogP contribution is 2.24. The maximum Gasteiger partial charge on any atom is 0.230 e. The Hall–Kier alpha value is -2.56. The van der Waals surface area contributed by atoms with E-state index in [2.05, 4.69) is 19.9 Å². The molecule has 0 saturated carbocycles. The van der Waals surface area contributed by atoms with Crippen LogP contribution in [-0.4, -0.2) is 19.9 Å². The molecule has 0 bridgehead atoms. The molecule has 17 heavy (non-hydrogen) atoms. The van der Waals surface area contributed by atoms with Gasteiger partial charge in [0.25, 0.3) is 0 Å². The van der Waals surface area contributed by atoms with Crippen LogP contribution < -0.4 is 4.74 Å². The van der Waals surface area contributed by atoms with Crippen molar-refractivity contribution in [1.29, 1.82) is 0 Å². The van der Waals surface area contributed by atoms with E-state index in [0.717, 1.165) is 10.9 Å². The van der Waals surface area contributed by atoms with Gasteiger partial charge in [-0.15, -0.1) is 0 Å². The highest BCUT2D eigenvalue weighted by Gasteiger charge is 2.05. The standard InChI is InChI=1S/C12H8N4O/c1-2-4-11-10(3-1)12(16-8-15-11)17-9-5-13-7-14-6-9/h1-8H. The summed E-state index contributed by atoms with van der Waals surface area (Å²) in [5.74, 6) is 1.06. The Bertz CT molecular complexity index is 637. The second-order valence-corrected chi connectivity index (χ2v) is 3.37. The normalized spacial score (nSPS) is 10.4. The molecule has 0 saturated heterocycles. The van der Waals surface area contributed by atoms with E-state index < -0.39 is 0 Å². The van der Waals surface area contributed by atoms with Gasteiger partial charge in [-0.2, -0.15) is 0 Å². The predicted molar refractivity (Wildman–Crippen MR) is 61.6 cm³/mol. The van der Waals surface area contributed by atoms with Crippen LogP contribution in [-0.2, 0) is 0 Å². The first kappa shape index (κ1) is 9.65. The number of nitrogens with zero attached hydrogens (tertiary/aromatic N) is 4. The van der Waals surface area contributed by atoms with Gasteiger partial charge in [0.15, 0.2) is 5.75 Å². The van der Waals surface area contributed by atoms with Crippen molar-refractivity contribution in [3.8, 4) is 11.6 Å². The molecule has 0 spiro atoms. The zero-order chi connectivity index (χ0) is 11.5. The highest BCUT2D eigenvalue weighted by molar-refractivity contribution is 5.83. The molecule has 0 aliphatic rings. The van der Waals surface area contributed by atoms with Gasteiger partial charge in [0.1, 0.15) is 12.7 Å². The maximum absolute atomic E-state index is 5.62. The first-order valence-corrected chi connectivity index (χ1v) is 5.06. The lowest BCUT2D eigenvalue weighted by Crippen LogP contribution is -1.92. The van der Waals surface area contributed by atoms with Crippen LogP contribution in [0.25, 0.3) is 10.9 Å². The van der Waals surface area contributed by atoms with Crippen LogP contribution in [0.4, 0.5) is 0 Å². The van der Waals surface area contributed by atoms with Gasteiger partial charge < -0.3 is 4.74 Å². The minimum absolute atomic E-state index is 0.505. The molecule has 3 rings (SSSR count). The zero-order valence-electron chi connectivity index (χ0n) is 8.82. The SMILES string of the molecule is c1ccc2c(Oc3cncnc3)ncnc2c1. The van der Waals surface area contributed by atoms with E-state index in [0.29, 0.717) is 11.6 Å². The molecule has 0 aliphatic heterocycles. The van der Waals surface area contributed by atoms with Gasteiger partial charge in [0, 0.05) is 0 Å². The van der Waals surface area contributed by atoms with E-state index in [1.807, 2.05) is 24.3 Å². The second kappa shape index (κ2) is 4.13. The number of para-hydroxylation sites is 1. The number of ether oxygens (including phenoxy) is 1. The summed E-state index contributed by atoms with van der Waals surface area (Å²) in [5.41, 5.74) is 0.842. The van der Waals surface area contributed by atoms with E-state index in [4.69, 9.17) is 4.74 Å². The lowest BCUT2D eigenvalue weighted by Gasteiger charge is -2.05. The van der Waals surface area contributed by atoms with Crippen LogP contribution in [0.15, 0.2) is 49.3 Å². The Morgan fingerprint density at radius 1 is 0.882 bits per heavy atom. The third kappa shape index (κ3) is 1.90. The summed E-state index contributed by atoms with van der Waals surface area (Å²) in [6, 6.07) is 7.66. The van der Waals surface area contributed by atoms with Crippen molar-refractivity contribution in [3.05, 3.63) is 49.3 Å². The summed E-state index contributed by atoms with van der Waals surface area (Å²) < 4.78 is 5.62. The largest absolute Gasteiger partial charge is 0.435 e. The fraction of sp³-hybridized carbons (Fsp3) is 0. The summed E-state index contributed by atoms with van der Waals surface area (Å²) in [7, 11) is 0. The molecular formula is C12H8N4O. The Kier molecular flexibility index (Phi) is 2.34. The van der Waals surface area contributed by atoms with Crippen LogP contribution in [0.5, 0.6) is 11.6 Å². The summed E-state index contributed by atoms with van der Waals surface area (Å²) in [4.78, 5) is 16.0. The minimum Gasteiger partial charge on any atom is -0.435 e. The van der Waals surface area contributed by atoms with E-state index in [9.17, 15) is 0 Å². The average molecular weight is 224 g/mol. The van der Waals surface area contributed by atoms with Crippen molar-refractivity contribution in [2.24, 2.45) is 0 Å². The van der Waals surface area contributed by atoms with Crippen molar-refractivity contribution >= 4 is 10.9 Å². The molecule has 0 N–H and O–H groups in total. The molecule has 1 aromatic carbocycles. The molecule has 3 aromatic rings. The lowest BCUT2D eigenvalue weighted by atomic mass is 10.2. The van der Waals surface area contributed by atoms with Crippen LogP contribution in [0.1, 0.15) is 0 Å².